The third-order valence-electron chi connectivity index (χ3n) is 5.94. The van der Waals surface area contributed by atoms with Gasteiger partial charge in [0.05, 0.1) is 25.1 Å². The Labute approximate surface area is 219 Å². The summed E-state index contributed by atoms with van der Waals surface area (Å²) < 4.78 is 36.0. The number of carbonyl (C=O) groups is 1. The van der Waals surface area contributed by atoms with Crippen molar-refractivity contribution in [2.45, 2.75) is 39.7 Å². The molecule has 0 saturated carbocycles. The number of benzene rings is 1. The minimum atomic E-state index is -2.71. The Morgan fingerprint density at radius 2 is 2.05 bits per heavy atom. The first kappa shape index (κ1) is 27.1. The summed E-state index contributed by atoms with van der Waals surface area (Å²) in [6.07, 6.45) is 5.14. The number of amides is 1. The maximum absolute atomic E-state index is 13.7. The van der Waals surface area contributed by atoms with Crippen molar-refractivity contribution in [2.24, 2.45) is 5.73 Å². The summed E-state index contributed by atoms with van der Waals surface area (Å²) in [6, 6.07) is 5.43. The van der Waals surface area contributed by atoms with Crippen molar-refractivity contribution in [3.63, 3.8) is 0 Å². The number of nitrogens with zero attached hydrogens (tertiary/aromatic N) is 5. The lowest BCUT2D eigenvalue weighted by Gasteiger charge is -2.13. The van der Waals surface area contributed by atoms with Crippen LogP contribution in [0.3, 0.4) is 0 Å². The molecular weight excluding hydrogens is 494 g/mol. The predicted molar refractivity (Wildman–Crippen MR) is 141 cm³/mol. The van der Waals surface area contributed by atoms with E-state index < -0.39 is 6.43 Å². The molecular formula is C26H32F2N8O2. The molecule has 4 rings (SSSR count). The molecule has 38 heavy (non-hydrogen) atoms. The van der Waals surface area contributed by atoms with Crippen LogP contribution in [-0.4, -0.2) is 56.4 Å². The van der Waals surface area contributed by atoms with Crippen LogP contribution in [0.25, 0.3) is 16.9 Å². The lowest BCUT2D eigenvalue weighted by molar-refractivity contribution is 0.0919. The molecule has 0 aliphatic rings. The molecule has 12 heteroatoms. The van der Waals surface area contributed by atoms with Crippen molar-refractivity contribution in [3.05, 3.63) is 59.8 Å². The Morgan fingerprint density at radius 3 is 2.79 bits per heavy atom. The number of rotatable bonds is 13. The molecule has 0 atom stereocenters. The van der Waals surface area contributed by atoms with Crippen molar-refractivity contribution in [2.75, 3.05) is 31.6 Å². The number of ether oxygens (including phenoxy) is 1. The van der Waals surface area contributed by atoms with E-state index in [1.165, 1.54) is 4.68 Å². The first-order chi connectivity index (χ1) is 18.5. The van der Waals surface area contributed by atoms with Crippen LogP contribution >= 0.6 is 0 Å². The number of alkyl halides is 2. The second-order valence-electron chi connectivity index (χ2n) is 8.61. The van der Waals surface area contributed by atoms with Crippen LogP contribution in [0.4, 0.5) is 20.3 Å². The van der Waals surface area contributed by atoms with E-state index in [9.17, 15) is 13.6 Å². The molecule has 0 unspecified atom stereocenters. The molecule has 0 bridgehead atoms. The molecule has 1 amide bonds. The molecule has 4 aromatic rings. The van der Waals surface area contributed by atoms with Crippen LogP contribution in [0.15, 0.2) is 43.0 Å². The van der Waals surface area contributed by atoms with Crippen molar-refractivity contribution >= 4 is 23.1 Å². The van der Waals surface area contributed by atoms with Gasteiger partial charge in [-0.05, 0) is 36.6 Å². The number of anilines is 2. The summed E-state index contributed by atoms with van der Waals surface area (Å²) in [5.74, 6) is 0.274. The van der Waals surface area contributed by atoms with Crippen LogP contribution in [0.5, 0.6) is 0 Å². The second kappa shape index (κ2) is 12.6. The fraction of sp³-hybridized carbons (Fsp3) is 0.385. The van der Waals surface area contributed by atoms with E-state index >= 15 is 0 Å². The van der Waals surface area contributed by atoms with Crippen LogP contribution in [0.1, 0.15) is 48.3 Å². The molecule has 3 aromatic heterocycles. The van der Waals surface area contributed by atoms with E-state index in [1.54, 1.807) is 41.3 Å². The molecule has 0 radical (unpaired) electrons. The number of hydrogen-bond acceptors (Lipinski definition) is 7. The maximum Gasteiger partial charge on any atom is 0.282 e. The van der Waals surface area contributed by atoms with Crippen LogP contribution in [-0.2, 0) is 17.7 Å². The fourth-order valence-electron chi connectivity index (χ4n) is 4.18. The van der Waals surface area contributed by atoms with Gasteiger partial charge < -0.3 is 21.1 Å². The molecule has 202 valence electrons. The highest BCUT2D eigenvalue weighted by Crippen LogP contribution is 2.32. The monoisotopic (exact) mass is 526 g/mol. The van der Waals surface area contributed by atoms with Gasteiger partial charge in [-0.25, -0.2) is 18.7 Å². The van der Waals surface area contributed by atoms with Gasteiger partial charge in [0, 0.05) is 55.0 Å². The van der Waals surface area contributed by atoms with E-state index in [2.05, 4.69) is 25.7 Å². The number of fused-ring (bicyclic) bond motifs is 1. The van der Waals surface area contributed by atoms with Crippen molar-refractivity contribution in [1.29, 1.82) is 0 Å². The third kappa shape index (κ3) is 5.97. The Morgan fingerprint density at radius 1 is 1.21 bits per heavy atom. The van der Waals surface area contributed by atoms with Crippen LogP contribution < -0.4 is 16.4 Å². The van der Waals surface area contributed by atoms with E-state index in [4.69, 9.17) is 10.5 Å². The Hall–Kier alpha value is -3.90. The second-order valence-corrected chi connectivity index (χ2v) is 8.61. The van der Waals surface area contributed by atoms with Gasteiger partial charge in [-0.2, -0.15) is 5.10 Å². The summed E-state index contributed by atoms with van der Waals surface area (Å²) >= 11 is 0. The zero-order valence-electron chi connectivity index (χ0n) is 21.5. The molecule has 0 fully saturated rings. The number of aryl methyl sites for hydroxylation is 2. The van der Waals surface area contributed by atoms with Gasteiger partial charge in [-0.3, -0.25) is 13.9 Å². The number of nitrogens with one attached hydrogen (secondary N) is 2. The average molecular weight is 527 g/mol. The number of halogens is 2. The smallest absolute Gasteiger partial charge is 0.282 e. The predicted octanol–water partition coefficient (Wildman–Crippen LogP) is 3.95. The normalized spacial score (nSPS) is 11.4. The third-order valence-corrected chi connectivity index (χ3v) is 5.94. The summed E-state index contributed by atoms with van der Waals surface area (Å²) in [7, 11) is 0. The van der Waals surface area contributed by atoms with Gasteiger partial charge in [0.2, 0.25) is 0 Å². The number of aromatic nitrogens is 5. The Balaban J connectivity index is 1.57. The zero-order chi connectivity index (χ0) is 27.1. The van der Waals surface area contributed by atoms with Crippen molar-refractivity contribution in [1.82, 2.24) is 29.5 Å². The standard InChI is InChI=1S/C26H32F2N8O2/c1-3-10-35-16-20(22(34-35)23(27)28)21-15-32-25-24(30-8-11-36(21)25)33-18-5-6-19(17(4-2)14-18)26(37)31-9-13-38-12-7-29/h5-6,8,11,14-16,23H,3-4,7,9-10,12-13,29H2,1-2H3,(H,30,33)(H,31,37). The summed E-state index contributed by atoms with van der Waals surface area (Å²) in [5, 5.41) is 10.2. The van der Waals surface area contributed by atoms with Gasteiger partial charge in [0.15, 0.2) is 11.5 Å². The van der Waals surface area contributed by atoms with Crippen LogP contribution in [0.2, 0.25) is 0 Å². The molecule has 4 N–H and O–H groups in total. The Bertz CT molecular complexity index is 1390. The highest BCUT2D eigenvalue weighted by atomic mass is 19.3. The number of carbonyl (C=O) groups excluding carboxylic acids is 1. The van der Waals surface area contributed by atoms with Crippen molar-refractivity contribution < 1.29 is 18.3 Å². The van der Waals surface area contributed by atoms with E-state index in [-0.39, 0.29) is 11.6 Å². The molecule has 0 spiro atoms. The lowest BCUT2D eigenvalue weighted by Crippen LogP contribution is -2.28. The fourth-order valence-corrected chi connectivity index (χ4v) is 4.18. The van der Waals surface area contributed by atoms with Gasteiger partial charge in [-0.15, -0.1) is 0 Å². The highest BCUT2D eigenvalue weighted by Gasteiger charge is 2.22. The molecule has 1 aromatic carbocycles. The topological polar surface area (TPSA) is 124 Å². The quantitative estimate of drug-likeness (QED) is 0.225. The highest BCUT2D eigenvalue weighted by molar-refractivity contribution is 5.96. The van der Waals surface area contributed by atoms with Gasteiger partial charge >= 0.3 is 0 Å². The summed E-state index contributed by atoms with van der Waals surface area (Å²) in [4.78, 5) is 21.5. The molecule has 0 aliphatic heterocycles. The molecule has 0 saturated heterocycles. The minimum absolute atomic E-state index is 0.179. The number of hydrogen-bond donors (Lipinski definition) is 3. The molecule has 10 nitrogen and oxygen atoms in total. The summed E-state index contributed by atoms with van der Waals surface area (Å²) in [6.45, 7) is 6.14. The van der Waals surface area contributed by atoms with Crippen LogP contribution in [0, 0.1) is 0 Å². The SMILES string of the molecule is CCCn1cc(-c2cnc3c(Nc4ccc(C(=O)NCCOCCN)c(CC)c4)nccn23)c(C(F)F)n1. The number of nitrogens with two attached hydrogens (primary N) is 1. The Kier molecular flexibility index (Phi) is 8.98. The van der Waals surface area contributed by atoms with Gasteiger partial charge in [0.25, 0.3) is 12.3 Å². The largest absolute Gasteiger partial charge is 0.378 e. The van der Waals surface area contributed by atoms with E-state index in [1.807, 2.05) is 19.9 Å². The first-order valence-corrected chi connectivity index (χ1v) is 12.6. The average Bonchev–Trinajstić information content (AvgIpc) is 3.53. The first-order valence-electron chi connectivity index (χ1n) is 12.6. The molecule has 0 aliphatic carbocycles. The lowest BCUT2D eigenvalue weighted by atomic mass is 10.0. The van der Waals surface area contributed by atoms with E-state index in [0.29, 0.717) is 67.6 Å². The summed E-state index contributed by atoms with van der Waals surface area (Å²) in [5.41, 5.74) is 8.58. The van der Waals surface area contributed by atoms with Gasteiger partial charge in [-0.1, -0.05) is 13.8 Å². The maximum atomic E-state index is 13.7. The number of imidazole rings is 1. The van der Waals surface area contributed by atoms with Crippen molar-refractivity contribution in [3.8, 4) is 11.3 Å². The van der Waals surface area contributed by atoms with Gasteiger partial charge in [0.1, 0.15) is 5.69 Å². The zero-order valence-corrected chi connectivity index (χ0v) is 21.5. The minimum Gasteiger partial charge on any atom is -0.378 e. The van der Waals surface area contributed by atoms with E-state index in [0.717, 1.165) is 17.7 Å². The molecule has 3 heterocycles.